The van der Waals surface area contributed by atoms with Crippen molar-refractivity contribution in [2.75, 3.05) is 0 Å². The Morgan fingerprint density at radius 3 is 2.30 bits per heavy atom. The van der Waals surface area contributed by atoms with Crippen LogP contribution in [0.25, 0.3) is 0 Å². The highest BCUT2D eigenvalue weighted by atomic mass is 19.1. The Balaban J connectivity index is 2.03. The van der Waals surface area contributed by atoms with E-state index in [2.05, 4.69) is 19.1 Å². The van der Waals surface area contributed by atoms with Gasteiger partial charge in [0.25, 0.3) is 0 Å². The van der Waals surface area contributed by atoms with Gasteiger partial charge in [-0.3, -0.25) is 0 Å². The zero-order chi connectivity index (χ0) is 14.5. The molecule has 0 bridgehead atoms. The Labute approximate surface area is 119 Å². The first-order valence-electron chi connectivity index (χ1n) is 6.85. The van der Waals surface area contributed by atoms with E-state index in [0.29, 0.717) is 6.61 Å². The number of nitrogens with two attached hydrogens (primary N) is 1. The molecule has 2 aromatic carbocycles. The fourth-order valence-electron chi connectivity index (χ4n) is 1.95. The molecule has 0 aromatic heterocycles. The predicted molar refractivity (Wildman–Crippen MR) is 79.2 cm³/mol. The summed E-state index contributed by atoms with van der Waals surface area (Å²) < 4.78 is 19.4. The lowest BCUT2D eigenvalue weighted by Crippen LogP contribution is -2.06. The first kappa shape index (κ1) is 14.5. The predicted octanol–water partition coefficient (Wildman–Crippen LogP) is 3.99. The Hall–Kier alpha value is -1.87. The van der Waals surface area contributed by atoms with Crippen LogP contribution >= 0.6 is 0 Å². The van der Waals surface area contributed by atoms with Crippen LogP contribution in [0.3, 0.4) is 0 Å². The smallest absolute Gasteiger partial charge is 0.165 e. The minimum Gasteiger partial charge on any atom is -0.486 e. The molecule has 2 nitrogen and oxygen atoms in total. The average Bonchev–Trinajstić information content (AvgIpc) is 2.46. The second kappa shape index (κ2) is 6.53. The molecule has 0 radical (unpaired) electrons. The van der Waals surface area contributed by atoms with Crippen molar-refractivity contribution in [3.8, 4) is 5.75 Å². The van der Waals surface area contributed by atoms with Crippen molar-refractivity contribution >= 4 is 0 Å². The minimum atomic E-state index is -0.370. The topological polar surface area (TPSA) is 35.2 Å². The largest absolute Gasteiger partial charge is 0.486 e. The third-order valence-electron chi connectivity index (χ3n) is 3.31. The van der Waals surface area contributed by atoms with Gasteiger partial charge in [-0.25, -0.2) is 4.39 Å². The molecular weight excluding hydrogens is 253 g/mol. The monoisotopic (exact) mass is 273 g/mol. The molecule has 0 aliphatic heterocycles. The van der Waals surface area contributed by atoms with Gasteiger partial charge in [-0.05, 0) is 42.2 Å². The lowest BCUT2D eigenvalue weighted by molar-refractivity contribution is 0.290. The Bertz CT molecular complexity index is 564. The van der Waals surface area contributed by atoms with Crippen LogP contribution in [0.5, 0.6) is 5.75 Å². The van der Waals surface area contributed by atoms with E-state index in [4.69, 9.17) is 10.5 Å². The van der Waals surface area contributed by atoms with E-state index in [1.54, 1.807) is 12.1 Å². The van der Waals surface area contributed by atoms with Crippen LogP contribution in [0.1, 0.15) is 36.6 Å². The fraction of sp³-hybridized carbons (Fsp3) is 0.294. The van der Waals surface area contributed by atoms with Gasteiger partial charge < -0.3 is 10.5 Å². The van der Waals surface area contributed by atoms with Crippen molar-refractivity contribution < 1.29 is 9.13 Å². The summed E-state index contributed by atoms with van der Waals surface area (Å²) in [6.45, 7) is 4.30. The second-order valence-corrected chi connectivity index (χ2v) is 4.94. The quantitative estimate of drug-likeness (QED) is 0.894. The molecule has 2 N–H and O–H groups in total. The highest BCUT2D eigenvalue weighted by molar-refractivity contribution is 5.31. The summed E-state index contributed by atoms with van der Waals surface area (Å²) in [5.74, 6) is -0.112. The normalized spacial score (nSPS) is 12.2. The standard InChI is InChI=1S/C17H20FNO/c1-3-13-4-6-14(7-5-13)11-20-17-9-8-15(12(2)19)10-16(17)18/h4-10,12H,3,11,19H2,1-2H3. The van der Waals surface area contributed by atoms with E-state index in [9.17, 15) is 4.39 Å². The Kier molecular flexibility index (Phi) is 4.74. The van der Waals surface area contributed by atoms with Gasteiger partial charge in [-0.1, -0.05) is 37.3 Å². The minimum absolute atomic E-state index is 0.180. The van der Waals surface area contributed by atoms with E-state index in [1.807, 2.05) is 19.1 Å². The van der Waals surface area contributed by atoms with E-state index in [0.717, 1.165) is 17.5 Å². The summed E-state index contributed by atoms with van der Waals surface area (Å²) in [5.41, 5.74) is 8.79. The third kappa shape index (κ3) is 3.58. The molecule has 0 spiro atoms. The summed E-state index contributed by atoms with van der Waals surface area (Å²) in [5, 5.41) is 0. The van der Waals surface area contributed by atoms with Crippen LogP contribution in [0.4, 0.5) is 4.39 Å². The molecule has 0 aliphatic carbocycles. The van der Waals surface area contributed by atoms with Crippen LogP contribution < -0.4 is 10.5 Å². The fourth-order valence-corrected chi connectivity index (χ4v) is 1.95. The molecule has 106 valence electrons. The number of hydrogen-bond acceptors (Lipinski definition) is 2. The van der Waals surface area contributed by atoms with Gasteiger partial charge in [0.1, 0.15) is 6.61 Å². The molecule has 0 fully saturated rings. The zero-order valence-corrected chi connectivity index (χ0v) is 11.9. The molecule has 0 saturated carbocycles. The van der Waals surface area contributed by atoms with Crippen LogP contribution in [-0.2, 0) is 13.0 Å². The number of halogens is 1. The maximum atomic E-state index is 13.9. The molecule has 0 saturated heterocycles. The van der Waals surface area contributed by atoms with E-state index in [-0.39, 0.29) is 17.6 Å². The molecule has 1 atom stereocenters. The highest BCUT2D eigenvalue weighted by Crippen LogP contribution is 2.22. The van der Waals surface area contributed by atoms with Gasteiger partial charge in [0.15, 0.2) is 11.6 Å². The molecule has 1 unspecified atom stereocenters. The first-order chi connectivity index (χ1) is 9.60. The van der Waals surface area contributed by atoms with Crippen molar-refractivity contribution in [2.24, 2.45) is 5.73 Å². The van der Waals surface area contributed by atoms with Crippen molar-refractivity contribution in [3.63, 3.8) is 0 Å². The van der Waals surface area contributed by atoms with E-state index < -0.39 is 0 Å². The van der Waals surface area contributed by atoms with Gasteiger partial charge in [-0.2, -0.15) is 0 Å². The molecule has 0 heterocycles. The van der Waals surface area contributed by atoms with Gasteiger partial charge in [-0.15, -0.1) is 0 Å². The average molecular weight is 273 g/mol. The lowest BCUT2D eigenvalue weighted by atomic mass is 10.1. The third-order valence-corrected chi connectivity index (χ3v) is 3.31. The summed E-state index contributed by atoms with van der Waals surface area (Å²) in [7, 11) is 0. The van der Waals surface area contributed by atoms with Crippen molar-refractivity contribution in [1.29, 1.82) is 0 Å². The zero-order valence-electron chi connectivity index (χ0n) is 11.9. The van der Waals surface area contributed by atoms with Crippen LogP contribution in [0, 0.1) is 5.82 Å². The maximum absolute atomic E-state index is 13.9. The van der Waals surface area contributed by atoms with Crippen molar-refractivity contribution in [2.45, 2.75) is 32.9 Å². The van der Waals surface area contributed by atoms with E-state index >= 15 is 0 Å². The second-order valence-electron chi connectivity index (χ2n) is 4.94. The molecule has 20 heavy (non-hydrogen) atoms. The van der Waals surface area contributed by atoms with E-state index in [1.165, 1.54) is 11.6 Å². The van der Waals surface area contributed by atoms with Crippen LogP contribution in [-0.4, -0.2) is 0 Å². The molecule has 2 rings (SSSR count). The Morgan fingerprint density at radius 1 is 1.10 bits per heavy atom. The van der Waals surface area contributed by atoms with Crippen LogP contribution in [0.15, 0.2) is 42.5 Å². The Morgan fingerprint density at radius 2 is 1.75 bits per heavy atom. The summed E-state index contributed by atoms with van der Waals surface area (Å²) >= 11 is 0. The van der Waals surface area contributed by atoms with Gasteiger partial charge in [0.05, 0.1) is 0 Å². The number of hydrogen-bond donors (Lipinski definition) is 1. The first-order valence-corrected chi connectivity index (χ1v) is 6.85. The molecular formula is C17H20FNO. The summed E-state index contributed by atoms with van der Waals surface area (Å²) in [4.78, 5) is 0. The summed E-state index contributed by atoms with van der Waals surface area (Å²) in [6, 6.07) is 12.8. The number of benzene rings is 2. The van der Waals surface area contributed by atoms with Crippen molar-refractivity contribution in [3.05, 3.63) is 65.0 Å². The number of aryl methyl sites for hydroxylation is 1. The molecule has 0 aliphatic rings. The molecule has 3 heteroatoms. The van der Waals surface area contributed by atoms with Gasteiger partial charge in [0.2, 0.25) is 0 Å². The maximum Gasteiger partial charge on any atom is 0.165 e. The van der Waals surface area contributed by atoms with Gasteiger partial charge in [0, 0.05) is 6.04 Å². The number of ether oxygens (including phenoxy) is 1. The number of rotatable bonds is 5. The highest BCUT2D eigenvalue weighted by Gasteiger charge is 2.07. The molecule has 2 aromatic rings. The summed E-state index contributed by atoms with van der Waals surface area (Å²) in [6.07, 6.45) is 1.01. The lowest BCUT2D eigenvalue weighted by Gasteiger charge is -2.10. The van der Waals surface area contributed by atoms with Crippen molar-refractivity contribution in [1.82, 2.24) is 0 Å². The van der Waals surface area contributed by atoms with Crippen LogP contribution in [0.2, 0.25) is 0 Å². The molecule has 0 amide bonds. The van der Waals surface area contributed by atoms with Gasteiger partial charge >= 0.3 is 0 Å². The SMILES string of the molecule is CCc1ccc(COc2ccc(C(C)N)cc2F)cc1.